The topological polar surface area (TPSA) is 59.9 Å². The maximum absolute atomic E-state index is 12.1. The van der Waals surface area contributed by atoms with Gasteiger partial charge in [-0.2, -0.15) is 5.10 Å². The third kappa shape index (κ3) is 5.59. The molecule has 0 aliphatic carbocycles. The van der Waals surface area contributed by atoms with Crippen molar-refractivity contribution >= 4 is 23.7 Å². The van der Waals surface area contributed by atoms with Crippen LogP contribution in [0.2, 0.25) is 5.02 Å². The Balaban J connectivity index is 1.52. The monoisotopic (exact) mass is 394 g/mol. The predicted octanol–water partition coefficient (Wildman–Crippen LogP) is 4.69. The molecule has 6 heteroatoms. The van der Waals surface area contributed by atoms with Gasteiger partial charge in [0.15, 0.2) is 0 Å². The van der Waals surface area contributed by atoms with Gasteiger partial charge in [0.05, 0.1) is 13.3 Å². The number of methoxy groups -OCH3 is 1. The molecule has 142 valence electrons. The lowest BCUT2D eigenvalue weighted by molar-refractivity contribution is 0.0955. The number of halogens is 1. The molecule has 5 nitrogen and oxygen atoms in total. The molecule has 0 aliphatic heterocycles. The van der Waals surface area contributed by atoms with Gasteiger partial charge < -0.3 is 9.47 Å². The van der Waals surface area contributed by atoms with Gasteiger partial charge in [0.1, 0.15) is 18.1 Å². The molecule has 1 N–H and O–H groups in total. The average Bonchev–Trinajstić information content (AvgIpc) is 2.73. The summed E-state index contributed by atoms with van der Waals surface area (Å²) in [5.41, 5.74) is 4.80. The van der Waals surface area contributed by atoms with Crippen LogP contribution >= 0.6 is 11.6 Å². The fourth-order valence-electron chi connectivity index (χ4n) is 2.44. The first kappa shape index (κ1) is 19.5. The molecule has 0 aliphatic rings. The number of carbonyl (C=O) groups excluding carboxylic acids is 1. The summed E-state index contributed by atoms with van der Waals surface area (Å²) < 4.78 is 10.8. The zero-order chi connectivity index (χ0) is 19.8. The van der Waals surface area contributed by atoms with Crippen molar-refractivity contribution in [3.63, 3.8) is 0 Å². The summed E-state index contributed by atoms with van der Waals surface area (Å²) >= 11 is 5.97. The van der Waals surface area contributed by atoms with Gasteiger partial charge >= 0.3 is 0 Å². The molecule has 0 unspecified atom stereocenters. The van der Waals surface area contributed by atoms with Gasteiger partial charge in [0.25, 0.3) is 5.91 Å². The van der Waals surface area contributed by atoms with Gasteiger partial charge in [0.2, 0.25) is 0 Å². The van der Waals surface area contributed by atoms with Crippen molar-refractivity contribution in [2.45, 2.75) is 6.61 Å². The van der Waals surface area contributed by atoms with Crippen LogP contribution in [0.3, 0.4) is 0 Å². The van der Waals surface area contributed by atoms with Crippen LogP contribution in [0, 0.1) is 0 Å². The van der Waals surface area contributed by atoms with E-state index in [1.165, 1.54) is 0 Å². The van der Waals surface area contributed by atoms with Crippen LogP contribution < -0.4 is 14.9 Å². The van der Waals surface area contributed by atoms with E-state index in [4.69, 9.17) is 21.1 Å². The largest absolute Gasteiger partial charge is 0.497 e. The van der Waals surface area contributed by atoms with Crippen LogP contribution in [-0.2, 0) is 6.61 Å². The van der Waals surface area contributed by atoms with E-state index in [0.717, 1.165) is 16.9 Å². The molecule has 0 saturated heterocycles. The molecular weight excluding hydrogens is 376 g/mol. The second kappa shape index (κ2) is 9.58. The third-order valence-corrected chi connectivity index (χ3v) is 4.12. The second-order valence-corrected chi connectivity index (χ2v) is 6.36. The number of nitrogens with zero attached hydrogens (tertiary/aromatic N) is 1. The van der Waals surface area contributed by atoms with Crippen molar-refractivity contribution in [3.05, 3.63) is 94.5 Å². The lowest BCUT2D eigenvalue weighted by atomic mass is 10.2. The number of amides is 1. The SMILES string of the molecule is COc1cccc(C(=O)N/N=C\c2ccc(OCc3cccc(Cl)c3)cc2)c1. The number of nitrogens with one attached hydrogen (secondary N) is 1. The van der Waals surface area contributed by atoms with Crippen molar-refractivity contribution in [3.8, 4) is 11.5 Å². The molecule has 28 heavy (non-hydrogen) atoms. The van der Waals surface area contributed by atoms with E-state index in [0.29, 0.717) is 22.9 Å². The number of carbonyl (C=O) groups is 1. The van der Waals surface area contributed by atoms with Gasteiger partial charge in [-0.3, -0.25) is 4.79 Å². The van der Waals surface area contributed by atoms with Crippen molar-refractivity contribution in [2.24, 2.45) is 5.10 Å². The van der Waals surface area contributed by atoms with Crippen LogP contribution in [-0.4, -0.2) is 19.2 Å². The van der Waals surface area contributed by atoms with Gasteiger partial charge in [-0.05, 0) is 65.7 Å². The Morgan fingerprint density at radius 3 is 2.57 bits per heavy atom. The first-order chi connectivity index (χ1) is 13.6. The van der Waals surface area contributed by atoms with E-state index in [2.05, 4.69) is 10.5 Å². The number of hydrogen-bond donors (Lipinski definition) is 1. The highest BCUT2D eigenvalue weighted by Gasteiger charge is 2.05. The summed E-state index contributed by atoms with van der Waals surface area (Å²) in [6.07, 6.45) is 1.57. The van der Waals surface area contributed by atoms with Crippen molar-refractivity contribution < 1.29 is 14.3 Å². The van der Waals surface area contributed by atoms with Crippen LogP contribution in [0.15, 0.2) is 77.9 Å². The minimum atomic E-state index is -0.309. The molecule has 0 atom stereocenters. The van der Waals surface area contributed by atoms with E-state index in [9.17, 15) is 4.79 Å². The Labute approximate surface area is 168 Å². The maximum Gasteiger partial charge on any atom is 0.271 e. The molecule has 0 bridgehead atoms. The second-order valence-electron chi connectivity index (χ2n) is 5.92. The molecule has 3 aromatic carbocycles. The predicted molar refractivity (Wildman–Crippen MR) is 110 cm³/mol. The zero-order valence-corrected chi connectivity index (χ0v) is 16.0. The zero-order valence-electron chi connectivity index (χ0n) is 15.3. The fraction of sp³-hybridized carbons (Fsp3) is 0.0909. The molecule has 0 spiro atoms. The maximum atomic E-state index is 12.1. The Kier molecular flexibility index (Phi) is 6.65. The lowest BCUT2D eigenvalue weighted by Gasteiger charge is -2.07. The minimum Gasteiger partial charge on any atom is -0.497 e. The molecule has 3 aromatic rings. The van der Waals surface area contributed by atoms with Crippen LogP contribution in [0.25, 0.3) is 0 Å². The first-order valence-corrected chi connectivity index (χ1v) is 8.96. The Morgan fingerprint density at radius 1 is 1.04 bits per heavy atom. The smallest absolute Gasteiger partial charge is 0.271 e. The molecule has 1 amide bonds. The van der Waals surface area contributed by atoms with E-state index < -0.39 is 0 Å². The lowest BCUT2D eigenvalue weighted by Crippen LogP contribution is -2.17. The minimum absolute atomic E-state index is 0.309. The quantitative estimate of drug-likeness (QED) is 0.467. The van der Waals surface area contributed by atoms with Crippen LogP contribution in [0.1, 0.15) is 21.5 Å². The third-order valence-electron chi connectivity index (χ3n) is 3.89. The Bertz CT molecular complexity index is 972. The summed E-state index contributed by atoms with van der Waals surface area (Å²) in [7, 11) is 1.55. The normalized spacial score (nSPS) is 10.6. The van der Waals surface area contributed by atoms with E-state index >= 15 is 0 Å². The first-order valence-electron chi connectivity index (χ1n) is 8.59. The molecule has 0 radical (unpaired) electrons. The van der Waals surface area contributed by atoms with Crippen LogP contribution in [0.5, 0.6) is 11.5 Å². The molecular formula is C22H19ClN2O3. The number of hydrogen-bond acceptors (Lipinski definition) is 4. The highest BCUT2D eigenvalue weighted by atomic mass is 35.5. The number of hydrazone groups is 1. The highest BCUT2D eigenvalue weighted by Crippen LogP contribution is 2.16. The van der Waals surface area contributed by atoms with Gasteiger partial charge in [-0.25, -0.2) is 5.43 Å². The summed E-state index contributed by atoms with van der Waals surface area (Å²) in [4.78, 5) is 12.1. The molecule has 0 heterocycles. The fourth-order valence-corrected chi connectivity index (χ4v) is 2.65. The Morgan fingerprint density at radius 2 is 1.82 bits per heavy atom. The van der Waals surface area contributed by atoms with Crippen molar-refractivity contribution in [1.82, 2.24) is 5.43 Å². The number of rotatable bonds is 7. The summed E-state index contributed by atoms with van der Waals surface area (Å²) in [6.45, 7) is 0.435. The molecule has 0 aromatic heterocycles. The van der Waals surface area contributed by atoms with Crippen molar-refractivity contribution in [2.75, 3.05) is 7.11 Å². The average molecular weight is 395 g/mol. The Hall–Kier alpha value is -3.31. The molecule has 0 saturated carbocycles. The number of benzene rings is 3. The van der Waals surface area contributed by atoms with Gasteiger partial charge in [0, 0.05) is 10.6 Å². The highest BCUT2D eigenvalue weighted by molar-refractivity contribution is 6.30. The van der Waals surface area contributed by atoms with Gasteiger partial charge in [-0.15, -0.1) is 0 Å². The number of ether oxygens (including phenoxy) is 2. The van der Waals surface area contributed by atoms with E-state index in [1.807, 2.05) is 48.5 Å². The summed E-state index contributed by atoms with van der Waals surface area (Å²) in [5, 5.41) is 4.67. The standard InChI is InChI=1S/C22H19ClN2O3/c1-27-21-7-3-5-18(13-21)22(26)25-24-14-16-8-10-20(11-9-16)28-15-17-4-2-6-19(23)12-17/h2-14H,15H2,1H3,(H,25,26)/b24-14-. The van der Waals surface area contributed by atoms with Gasteiger partial charge in [-0.1, -0.05) is 29.8 Å². The molecule has 3 rings (SSSR count). The van der Waals surface area contributed by atoms with E-state index in [-0.39, 0.29) is 5.91 Å². The van der Waals surface area contributed by atoms with Crippen LogP contribution in [0.4, 0.5) is 0 Å². The van der Waals surface area contributed by atoms with Crippen molar-refractivity contribution in [1.29, 1.82) is 0 Å². The van der Waals surface area contributed by atoms with E-state index in [1.54, 1.807) is 37.6 Å². The summed E-state index contributed by atoms with van der Waals surface area (Å²) in [6, 6.07) is 21.8. The molecule has 0 fully saturated rings. The summed E-state index contributed by atoms with van der Waals surface area (Å²) in [5.74, 6) is 1.04.